The maximum absolute atomic E-state index is 9.42. The van der Waals surface area contributed by atoms with Gasteiger partial charge in [-0.25, -0.2) is 0 Å². The second-order valence-electron chi connectivity index (χ2n) is 3.79. The SMILES string of the molecule is C=C/C(=C\C=C(/C)Cl)C1CCC(O)C1. The van der Waals surface area contributed by atoms with E-state index in [-0.39, 0.29) is 6.10 Å². The van der Waals surface area contributed by atoms with E-state index in [1.807, 2.05) is 25.2 Å². The Kier molecular flexibility index (Phi) is 4.43. The third kappa shape index (κ3) is 3.32. The van der Waals surface area contributed by atoms with Crippen molar-refractivity contribution < 1.29 is 5.11 Å². The van der Waals surface area contributed by atoms with Crippen LogP contribution >= 0.6 is 11.6 Å². The predicted molar refractivity (Wildman–Crippen MR) is 61.2 cm³/mol. The number of rotatable bonds is 3. The number of allylic oxidation sites excluding steroid dienone is 5. The Morgan fingerprint density at radius 1 is 1.43 bits per heavy atom. The van der Waals surface area contributed by atoms with Crippen molar-refractivity contribution in [3.63, 3.8) is 0 Å². The summed E-state index contributed by atoms with van der Waals surface area (Å²) in [6.45, 7) is 5.64. The topological polar surface area (TPSA) is 20.2 Å². The highest BCUT2D eigenvalue weighted by atomic mass is 35.5. The van der Waals surface area contributed by atoms with Crippen LogP contribution in [0.25, 0.3) is 0 Å². The highest BCUT2D eigenvalue weighted by Crippen LogP contribution is 2.32. The number of aliphatic hydroxyl groups excluding tert-OH is 1. The van der Waals surface area contributed by atoms with Crippen LogP contribution in [0.5, 0.6) is 0 Å². The minimum absolute atomic E-state index is 0.135. The molecule has 0 heterocycles. The highest BCUT2D eigenvalue weighted by Gasteiger charge is 2.24. The Bertz CT molecular complexity index is 261. The summed E-state index contributed by atoms with van der Waals surface area (Å²) in [6.07, 6.45) is 8.41. The van der Waals surface area contributed by atoms with Crippen LogP contribution in [0.3, 0.4) is 0 Å². The molecule has 1 aliphatic rings. The van der Waals surface area contributed by atoms with E-state index >= 15 is 0 Å². The van der Waals surface area contributed by atoms with E-state index in [0.29, 0.717) is 5.92 Å². The number of halogens is 1. The smallest absolute Gasteiger partial charge is 0.0546 e. The summed E-state index contributed by atoms with van der Waals surface area (Å²) in [7, 11) is 0. The lowest BCUT2D eigenvalue weighted by molar-refractivity contribution is 0.180. The van der Waals surface area contributed by atoms with Crippen molar-refractivity contribution in [1.29, 1.82) is 0 Å². The van der Waals surface area contributed by atoms with E-state index in [0.717, 1.165) is 24.3 Å². The average Bonchev–Trinajstić information content (AvgIpc) is 2.53. The largest absolute Gasteiger partial charge is 0.393 e. The molecule has 78 valence electrons. The van der Waals surface area contributed by atoms with Gasteiger partial charge in [-0.05, 0) is 43.8 Å². The Morgan fingerprint density at radius 3 is 2.57 bits per heavy atom. The monoisotopic (exact) mass is 212 g/mol. The van der Waals surface area contributed by atoms with Gasteiger partial charge in [-0.3, -0.25) is 0 Å². The molecule has 0 amide bonds. The molecule has 0 bridgehead atoms. The molecular weight excluding hydrogens is 196 g/mol. The first-order valence-electron chi connectivity index (χ1n) is 4.98. The zero-order valence-corrected chi connectivity index (χ0v) is 9.30. The molecule has 0 radical (unpaired) electrons. The van der Waals surface area contributed by atoms with Gasteiger partial charge in [0.15, 0.2) is 0 Å². The average molecular weight is 213 g/mol. The van der Waals surface area contributed by atoms with E-state index in [9.17, 15) is 5.11 Å². The van der Waals surface area contributed by atoms with Gasteiger partial charge in [-0.1, -0.05) is 30.3 Å². The quantitative estimate of drug-likeness (QED) is 0.711. The van der Waals surface area contributed by atoms with E-state index in [2.05, 4.69) is 6.58 Å². The summed E-state index contributed by atoms with van der Waals surface area (Å²) in [5, 5.41) is 10.2. The molecule has 1 nitrogen and oxygen atoms in total. The highest BCUT2D eigenvalue weighted by molar-refractivity contribution is 6.29. The lowest BCUT2D eigenvalue weighted by Crippen LogP contribution is -2.01. The molecule has 2 heteroatoms. The second kappa shape index (κ2) is 5.38. The molecule has 1 rings (SSSR count). The molecule has 1 fully saturated rings. The van der Waals surface area contributed by atoms with Gasteiger partial charge < -0.3 is 5.11 Å². The normalized spacial score (nSPS) is 29.4. The molecule has 14 heavy (non-hydrogen) atoms. The van der Waals surface area contributed by atoms with Gasteiger partial charge in [0.05, 0.1) is 6.10 Å². The standard InChI is InChI=1S/C12H17ClO/c1-3-10(5-4-9(2)13)11-6-7-12(14)8-11/h3-5,11-12,14H,1,6-8H2,2H3/b9-4+,10-5+. The fraction of sp³-hybridized carbons (Fsp3) is 0.500. The molecule has 0 spiro atoms. The van der Waals surface area contributed by atoms with Gasteiger partial charge in [0, 0.05) is 5.03 Å². The fourth-order valence-corrected chi connectivity index (χ4v) is 1.91. The van der Waals surface area contributed by atoms with Crippen LogP contribution in [0.2, 0.25) is 0 Å². The molecule has 0 aromatic heterocycles. The van der Waals surface area contributed by atoms with Gasteiger partial charge in [-0.15, -0.1) is 0 Å². The molecule has 0 aromatic rings. The summed E-state index contributed by atoms with van der Waals surface area (Å²) in [4.78, 5) is 0. The summed E-state index contributed by atoms with van der Waals surface area (Å²) in [6, 6.07) is 0. The minimum atomic E-state index is -0.135. The van der Waals surface area contributed by atoms with Crippen molar-refractivity contribution in [2.24, 2.45) is 5.92 Å². The van der Waals surface area contributed by atoms with Crippen LogP contribution in [-0.2, 0) is 0 Å². The van der Waals surface area contributed by atoms with Crippen molar-refractivity contribution >= 4 is 11.6 Å². The number of hydrogen-bond acceptors (Lipinski definition) is 1. The van der Waals surface area contributed by atoms with Crippen molar-refractivity contribution in [1.82, 2.24) is 0 Å². The van der Waals surface area contributed by atoms with E-state index < -0.39 is 0 Å². The van der Waals surface area contributed by atoms with E-state index in [1.54, 1.807) is 0 Å². The molecule has 0 aliphatic heterocycles. The Balaban J connectivity index is 2.67. The maximum Gasteiger partial charge on any atom is 0.0546 e. The summed E-state index contributed by atoms with van der Waals surface area (Å²) in [5.74, 6) is 0.453. The fourth-order valence-electron chi connectivity index (χ4n) is 1.84. The van der Waals surface area contributed by atoms with Gasteiger partial charge in [0.1, 0.15) is 0 Å². The minimum Gasteiger partial charge on any atom is -0.393 e. The van der Waals surface area contributed by atoms with Crippen LogP contribution in [0, 0.1) is 5.92 Å². The lowest BCUT2D eigenvalue weighted by atomic mass is 9.97. The Hall–Kier alpha value is -0.530. The van der Waals surface area contributed by atoms with Crippen LogP contribution < -0.4 is 0 Å². The first-order chi connectivity index (χ1) is 6.63. The third-order valence-corrected chi connectivity index (χ3v) is 2.74. The van der Waals surface area contributed by atoms with Crippen LogP contribution in [0.1, 0.15) is 26.2 Å². The van der Waals surface area contributed by atoms with Gasteiger partial charge >= 0.3 is 0 Å². The number of aliphatic hydroxyl groups is 1. The van der Waals surface area contributed by atoms with E-state index in [1.165, 1.54) is 5.57 Å². The molecule has 1 N–H and O–H groups in total. The summed E-state index contributed by atoms with van der Waals surface area (Å²) in [5.41, 5.74) is 1.18. The molecule has 2 unspecified atom stereocenters. The first-order valence-corrected chi connectivity index (χ1v) is 5.35. The first kappa shape index (κ1) is 11.5. The van der Waals surface area contributed by atoms with Gasteiger partial charge in [0.25, 0.3) is 0 Å². The molecule has 0 aromatic carbocycles. The molecule has 0 saturated heterocycles. The second-order valence-corrected chi connectivity index (χ2v) is 4.38. The van der Waals surface area contributed by atoms with Crippen LogP contribution in [-0.4, -0.2) is 11.2 Å². The van der Waals surface area contributed by atoms with Crippen LogP contribution in [0.15, 0.2) is 35.4 Å². The molecular formula is C12H17ClO. The van der Waals surface area contributed by atoms with Crippen molar-refractivity contribution in [3.05, 3.63) is 35.4 Å². The molecule has 1 aliphatic carbocycles. The molecule has 2 atom stereocenters. The van der Waals surface area contributed by atoms with Crippen LogP contribution in [0.4, 0.5) is 0 Å². The zero-order valence-electron chi connectivity index (χ0n) is 8.54. The Morgan fingerprint density at radius 2 is 2.14 bits per heavy atom. The summed E-state index contributed by atoms with van der Waals surface area (Å²) >= 11 is 5.75. The van der Waals surface area contributed by atoms with Crippen molar-refractivity contribution in [2.45, 2.75) is 32.3 Å². The van der Waals surface area contributed by atoms with Gasteiger partial charge in [0.2, 0.25) is 0 Å². The maximum atomic E-state index is 9.42. The third-order valence-electron chi connectivity index (χ3n) is 2.62. The Labute approximate surface area is 90.8 Å². The van der Waals surface area contributed by atoms with Crippen molar-refractivity contribution in [3.8, 4) is 0 Å². The molecule has 1 saturated carbocycles. The lowest BCUT2D eigenvalue weighted by Gasteiger charge is -2.09. The van der Waals surface area contributed by atoms with E-state index in [4.69, 9.17) is 11.6 Å². The predicted octanol–water partition coefficient (Wildman–Crippen LogP) is 3.40. The number of hydrogen-bond donors (Lipinski definition) is 1. The van der Waals surface area contributed by atoms with Gasteiger partial charge in [-0.2, -0.15) is 0 Å². The summed E-state index contributed by atoms with van der Waals surface area (Å²) < 4.78 is 0. The zero-order chi connectivity index (χ0) is 10.6. The van der Waals surface area contributed by atoms with Crippen molar-refractivity contribution in [2.75, 3.05) is 0 Å².